The molecule has 1 amide bonds. The number of ether oxygens (including phenoxy) is 1. The quantitative estimate of drug-likeness (QED) is 0.928. The molecule has 0 spiro atoms. The molecule has 1 N–H and O–H groups in total. The highest BCUT2D eigenvalue weighted by Gasteiger charge is 2.33. The lowest BCUT2D eigenvalue weighted by Crippen LogP contribution is -2.47. The molecule has 3 aliphatic rings. The van der Waals surface area contributed by atoms with Gasteiger partial charge in [-0.25, -0.2) is 0 Å². The van der Waals surface area contributed by atoms with Gasteiger partial charge in [0.15, 0.2) is 0 Å². The Hall–Kier alpha value is -1.55. The van der Waals surface area contributed by atoms with Crippen molar-refractivity contribution in [1.29, 1.82) is 0 Å². The minimum Gasteiger partial charge on any atom is -0.493 e. The Kier molecular flexibility index (Phi) is 4.25. The van der Waals surface area contributed by atoms with E-state index < -0.39 is 0 Å². The van der Waals surface area contributed by atoms with E-state index in [0.717, 1.165) is 49.6 Å². The molecule has 4 nitrogen and oxygen atoms in total. The number of hydrogen-bond acceptors (Lipinski definition) is 3. The van der Waals surface area contributed by atoms with Gasteiger partial charge in [0.2, 0.25) is 5.91 Å². The topological polar surface area (TPSA) is 41.6 Å². The van der Waals surface area contributed by atoms with E-state index in [9.17, 15) is 4.79 Å². The number of nitrogens with zero attached hydrogens (tertiary/aromatic N) is 1. The summed E-state index contributed by atoms with van der Waals surface area (Å²) in [4.78, 5) is 15.0. The van der Waals surface area contributed by atoms with Crippen LogP contribution in [0.1, 0.15) is 43.6 Å². The number of benzene rings is 1. The number of piperidine rings is 1. The number of amides is 1. The number of rotatable bonds is 4. The molecule has 2 fully saturated rings. The molecule has 1 saturated carbocycles. The first kappa shape index (κ1) is 15.0. The summed E-state index contributed by atoms with van der Waals surface area (Å²) in [5.74, 6) is 2.09. The van der Waals surface area contributed by atoms with Gasteiger partial charge in [0.25, 0.3) is 0 Å². The Morgan fingerprint density at radius 3 is 2.70 bits per heavy atom. The van der Waals surface area contributed by atoms with Crippen molar-refractivity contribution in [3.63, 3.8) is 0 Å². The lowest BCUT2D eigenvalue weighted by molar-refractivity contribution is -0.134. The molecule has 1 aliphatic carbocycles. The van der Waals surface area contributed by atoms with Gasteiger partial charge in [-0.3, -0.25) is 4.79 Å². The number of fused-ring (bicyclic) bond motifs is 1. The maximum atomic E-state index is 12.9. The van der Waals surface area contributed by atoms with E-state index in [1.54, 1.807) is 0 Å². The van der Waals surface area contributed by atoms with E-state index in [2.05, 4.69) is 10.2 Å². The fourth-order valence-electron chi connectivity index (χ4n) is 3.78. The number of hydrogen-bond donors (Lipinski definition) is 1. The van der Waals surface area contributed by atoms with Crippen molar-refractivity contribution in [3.05, 3.63) is 29.8 Å². The first-order valence-corrected chi connectivity index (χ1v) is 9.05. The molecule has 1 atom stereocenters. The highest BCUT2D eigenvalue weighted by atomic mass is 16.5. The highest BCUT2D eigenvalue weighted by molar-refractivity contribution is 5.85. The second-order valence-electron chi connectivity index (χ2n) is 7.18. The largest absolute Gasteiger partial charge is 0.493 e. The van der Waals surface area contributed by atoms with Crippen LogP contribution in [-0.4, -0.2) is 43.1 Å². The molecule has 0 bridgehead atoms. The monoisotopic (exact) mass is 314 g/mol. The van der Waals surface area contributed by atoms with Crippen LogP contribution in [0.5, 0.6) is 5.75 Å². The Bertz CT molecular complexity index is 562. The summed E-state index contributed by atoms with van der Waals surface area (Å²) >= 11 is 0. The van der Waals surface area contributed by atoms with Crippen molar-refractivity contribution >= 4 is 5.91 Å². The molecule has 0 aromatic heterocycles. The van der Waals surface area contributed by atoms with Crippen LogP contribution in [0.2, 0.25) is 0 Å². The maximum Gasteiger partial charge on any atom is 0.230 e. The Morgan fingerprint density at radius 2 is 1.91 bits per heavy atom. The zero-order valence-electron chi connectivity index (χ0n) is 13.7. The molecule has 2 heterocycles. The summed E-state index contributed by atoms with van der Waals surface area (Å²) in [6.45, 7) is 3.60. The lowest BCUT2D eigenvalue weighted by atomic mass is 9.91. The standard InChI is InChI=1S/C19H26N2O2/c22-19(17-9-12-23-18-4-2-1-3-16(17)18)21-10-7-15(8-11-21)20-13-14-5-6-14/h1-4,14-15,17,20H,5-13H2. The smallest absolute Gasteiger partial charge is 0.230 e. The minimum absolute atomic E-state index is 0.0177. The molecule has 4 rings (SSSR count). The van der Waals surface area contributed by atoms with E-state index in [0.29, 0.717) is 18.6 Å². The van der Waals surface area contributed by atoms with Crippen molar-refractivity contribution < 1.29 is 9.53 Å². The van der Waals surface area contributed by atoms with Gasteiger partial charge in [0.1, 0.15) is 5.75 Å². The van der Waals surface area contributed by atoms with Gasteiger partial charge in [0.05, 0.1) is 12.5 Å². The Morgan fingerprint density at radius 1 is 1.13 bits per heavy atom. The zero-order chi connectivity index (χ0) is 15.6. The minimum atomic E-state index is -0.0177. The average molecular weight is 314 g/mol. The fourth-order valence-corrected chi connectivity index (χ4v) is 3.78. The zero-order valence-corrected chi connectivity index (χ0v) is 13.7. The highest BCUT2D eigenvalue weighted by Crippen LogP contribution is 2.35. The average Bonchev–Trinajstić information content (AvgIpc) is 3.44. The van der Waals surface area contributed by atoms with E-state index >= 15 is 0 Å². The summed E-state index contributed by atoms with van der Waals surface area (Å²) in [5, 5.41) is 3.68. The molecule has 1 aromatic rings. The molecule has 1 unspecified atom stereocenters. The molecule has 124 valence electrons. The van der Waals surface area contributed by atoms with Crippen LogP contribution in [0.3, 0.4) is 0 Å². The van der Waals surface area contributed by atoms with E-state index in [-0.39, 0.29) is 5.92 Å². The first-order chi connectivity index (χ1) is 11.3. The molecule has 4 heteroatoms. The lowest BCUT2D eigenvalue weighted by Gasteiger charge is -2.36. The summed E-state index contributed by atoms with van der Waals surface area (Å²) in [5.41, 5.74) is 1.07. The fraction of sp³-hybridized carbons (Fsp3) is 0.632. The molecule has 1 aromatic carbocycles. The van der Waals surface area contributed by atoms with Crippen LogP contribution in [0.25, 0.3) is 0 Å². The molecule has 1 saturated heterocycles. The SMILES string of the molecule is O=C(C1CCOc2ccccc21)N1CCC(NCC2CC2)CC1. The van der Waals surface area contributed by atoms with Crippen molar-refractivity contribution in [1.82, 2.24) is 10.2 Å². The normalized spacial score (nSPS) is 24.9. The van der Waals surface area contributed by atoms with Gasteiger partial charge in [-0.1, -0.05) is 18.2 Å². The number of carbonyl (C=O) groups is 1. The van der Waals surface area contributed by atoms with Crippen molar-refractivity contribution in [3.8, 4) is 5.75 Å². The van der Waals surface area contributed by atoms with E-state index in [4.69, 9.17) is 4.74 Å². The summed E-state index contributed by atoms with van der Waals surface area (Å²) in [6.07, 6.45) is 5.77. The summed E-state index contributed by atoms with van der Waals surface area (Å²) in [6, 6.07) is 8.59. The van der Waals surface area contributed by atoms with Gasteiger partial charge >= 0.3 is 0 Å². The molecule has 2 aliphatic heterocycles. The van der Waals surface area contributed by atoms with E-state index in [1.165, 1.54) is 19.4 Å². The van der Waals surface area contributed by atoms with Gasteiger partial charge in [0, 0.05) is 24.7 Å². The molecule has 0 radical (unpaired) electrons. The summed E-state index contributed by atoms with van der Waals surface area (Å²) < 4.78 is 5.69. The van der Waals surface area contributed by atoms with Crippen LogP contribution in [-0.2, 0) is 4.79 Å². The Labute approximate surface area is 138 Å². The molecular formula is C19H26N2O2. The van der Waals surface area contributed by atoms with Crippen LogP contribution in [0, 0.1) is 5.92 Å². The Balaban J connectivity index is 1.35. The van der Waals surface area contributed by atoms with Crippen LogP contribution in [0.4, 0.5) is 0 Å². The first-order valence-electron chi connectivity index (χ1n) is 9.05. The van der Waals surface area contributed by atoms with E-state index in [1.807, 2.05) is 24.3 Å². The maximum absolute atomic E-state index is 12.9. The van der Waals surface area contributed by atoms with Gasteiger partial charge in [-0.05, 0) is 50.6 Å². The number of para-hydroxylation sites is 1. The molecular weight excluding hydrogens is 288 g/mol. The third-order valence-corrected chi connectivity index (χ3v) is 5.46. The van der Waals surface area contributed by atoms with Crippen molar-refractivity contribution in [2.45, 2.75) is 44.1 Å². The third kappa shape index (κ3) is 3.37. The van der Waals surface area contributed by atoms with Crippen LogP contribution < -0.4 is 10.1 Å². The van der Waals surface area contributed by atoms with Gasteiger partial charge in [-0.2, -0.15) is 0 Å². The number of likely N-dealkylation sites (tertiary alicyclic amines) is 1. The van der Waals surface area contributed by atoms with Crippen molar-refractivity contribution in [2.75, 3.05) is 26.2 Å². The third-order valence-electron chi connectivity index (χ3n) is 5.46. The second kappa shape index (κ2) is 6.52. The molecule has 23 heavy (non-hydrogen) atoms. The van der Waals surface area contributed by atoms with Crippen molar-refractivity contribution in [2.24, 2.45) is 5.92 Å². The summed E-state index contributed by atoms with van der Waals surface area (Å²) in [7, 11) is 0. The number of nitrogens with one attached hydrogen (secondary N) is 1. The number of carbonyl (C=O) groups excluding carboxylic acids is 1. The predicted octanol–water partition coefficient (Wildman–Crippen LogP) is 2.54. The van der Waals surface area contributed by atoms with Crippen LogP contribution in [0.15, 0.2) is 24.3 Å². The van der Waals surface area contributed by atoms with Gasteiger partial charge in [-0.15, -0.1) is 0 Å². The second-order valence-corrected chi connectivity index (χ2v) is 7.18. The predicted molar refractivity (Wildman–Crippen MR) is 89.6 cm³/mol. The van der Waals surface area contributed by atoms with Gasteiger partial charge < -0.3 is 15.0 Å². The van der Waals surface area contributed by atoms with Crippen LogP contribution >= 0.6 is 0 Å².